The smallest absolute Gasteiger partial charge is 0.303 e. The molecule has 5 rings (SSSR count). The molecule has 5 unspecified atom stereocenters. The van der Waals surface area contributed by atoms with Crippen LogP contribution in [0.15, 0.2) is 97.1 Å². The molecule has 264 valence electrons. The third kappa shape index (κ3) is 9.77. The number of aromatic hydroxyl groups is 1. The van der Waals surface area contributed by atoms with Crippen LogP contribution in [0.25, 0.3) is 11.1 Å². The van der Waals surface area contributed by atoms with E-state index in [1.165, 1.54) is 0 Å². The Kier molecular flexibility index (Phi) is 12.8. The van der Waals surface area contributed by atoms with Gasteiger partial charge in [-0.1, -0.05) is 91.9 Å². The number of benzene rings is 4. The molecule has 0 bridgehead atoms. The molecule has 1 aliphatic rings. The lowest BCUT2D eigenvalue weighted by Gasteiger charge is -2.42. The van der Waals surface area contributed by atoms with Gasteiger partial charge in [-0.25, -0.2) is 0 Å². The van der Waals surface area contributed by atoms with Crippen LogP contribution in [-0.4, -0.2) is 63.4 Å². The molecular formula is C40H46N2O8. The molecule has 4 aromatic rings. The zero-order valence-electron chi connectivity index (χ0n) is 28.4. The van der Waals surface area contributed by atoms with Crippen molar-refractivity contribution in [3.05, 3.63) is 125 Å². The third-order valence-corrected chi connectivity index (χ3v) is 9.14. The van der Waals surface area contributed by atoms with Crippen LogP contribution in [0.5, 0.6) is 5.75 Å². The minimum absolute atomic E-state index is 0.0403. The van der Waals surface area contributed by atoms with E-state index in [1.54, 1.807) is 24.3 Å². The number of phenolic OH excluding ortho intramolecular Hbond substituents is 1. The summed E-state index contributed by atoms with van der Waals surface area (Å²) in [4.78, 5) is 25.1. The fraction of sp³-hybridized carbons (Fsp3) is 0.350. The molecule has 1 heterocycles. The van der Waals surface area contributed by atoms with Crippen molar-refractivity contribution in [1.29, 1.82) is 0 Å². The van der Waals surface area contributed by atoms with Crippen molar-refractivity contribution in [3.8, 4) is 16.9 Å². The lowest BCUT2D eigenvalue weighted by atomic mass is 9.90. The summed E-state index contributed by atoms with van der Waals surface area (Å²) in [5.74, 6) is -1.04. The van der Waals surface area contributed by atoms with Gasteiger partial charge >= 0.3 is 5.97 Å². The second-order valence-electron chi connectivity index (χ2n) is 13.0. The first-order valence-corrected chi connectivity index (χ1v) is 16.9. The lowest BCUT2D eigenvalue weighted by molar-refractivity contribution is -0.276. The molecule has 1 saturated heterocycles. The van der Waals surface area contributed by atoms with Crippen LogP contribution in [0.3, 0.4) is 0 Å². The molecule has 1 amide bonds. The highest BCUT2D eigenvalue weighted by molar-refractivity contribution is 5.77. The molecule has 10 heteroatoms. The molecule has 5 N–H and O–H groups in total. The van der Waals surface area contributed by atoms with Crippen molar-refractivity contribution in [2.24, 2.45) is 5.92 Å². The molecule has 4 aromatic carbocycles. The predicted molar refractivity (Wildman–Crippen MR) is 189 cm³/mol. The van der Waals surface area contributed by atoms with Crippen LogP contribution in [0.4, 0.5) is 0 Å². The first-order chi connectivity index (χ1) is 24.1. The van der Waals surface area contributed by atoms with Gasteiger partial charge in [0.15, 0.2) is 6.29 Å². The van der Waals surface area contributed by atoms with E-state index in [4.69, 9.17) is 14.6 Å². The summed E-state index contributed by atoms with van der Waals surface area (Å²) in [5, 5.41) is 42.1. The fourth-order valence-corrected chi connectivity index (χ4v) is 6.30. The molecule has 50 heavy (non-hydrogen) atoms. The molecule has 0 aliphatic carbocycles. The van der Waals surface area contributed by atoms with Gasteiger partial charge in [0.25, 0.3) is 0 Å². The Bertz CT molecular complexity index is 1710. The number of nitrogens with one attached hydrogen (secondary N) is 1. The van der Waals surface area contributed by atoms with Crippen molar-refractivity contribution in [2.75, 3.05) is 20.1 Å². The number of amides is 1. The molecule has 5 atom stereocenters. The minimum atomic E-state index is -0.915. The number of carbonyl (C=O) groups is 2. The van der Waals surface area contributed by atoms with Crippen LogP contribution < -0.4 is 5.32 Å². The van der Waals surface area contributed by atoms with Crippen LogP contribution in [-0.2, 0) is 32.2 Å². The number of hydrogen-bond acceptors (Lipinski definition) is 8. The highest BCUT2D eigenvalue weighted by Gasteiger charge is 2.39. The Morgan fingerprint density at radius 1 is 0.900 bits per heavy atom. The maximum absolute atomic E-state index is 12.3. The Hall–Kier alpha value is -4.58. The van der Waals surface area contributed by atoms with Crippen molar-refractivity contribution >= 4 is 11.9 Å². The summed E-state index contributed by atoms with van der Waals surface area (Å²) in [5.41, 5.74) is 6.14. The van der Waals surface area contributed by atoms with E-state index in [-0.39, 0.29) is 49.2 Å². The fourth-order valence-electron chi connectivity index (χ4n) is 6.30. The number of likely N-dealkylation sites (N-methyl/N-ethyl adjacent to an activating group) is 1. The van der Waals surface area contributed by atoms with Crippen molar-refractivity contribution in [1.82, 2.24) is 10.2 Å². The lowest BCUT2D eigenvalue weighted by Crippen LogP contribution is -2.44. The van der Waals surface area contributed by atoms with Gasteiger partial charge in [0.1, 0.15) is 5.75 Å². The largest absolute Gasteiger partial charge is 0.508 e. The maximum Gasteiger partial charge on any atom is 0.303 e. The van der Waals surface area contributed by atoms with Gasteiger partial charge in [-0.3, -0.25) is 9.59 Å². The Morgan fingerprint density at radius 3 is 2.32 bits per heavy atom. The van der Waals surface area contributed by atoms with Gasteiger partial charge < -0.3 is 40.1 Å². The summed E-state index contributed by atoms with van der Waals surface area (Å²) < 4.78 is 13.3. The zero-order chi connectivity index (χ0) is 35.6. The highest BCUT2D eigenvalue weighted by atomic mass is 16.7. The van der Waals surface area contributed by atoms with E-state index in [0.29, 0.717) is 31.6 Å². The van der Waals surface area contributed by atoms with E-state index in [2.05, 4.69) is 12.2 Å². The quantitative estimate of drug-likeness (QED) is 0.104. The standard InChI is InChI=1S/C40H46N2O8/c1-26-36(24-42(2)23-35(45)31-8-5-9-33(44)21-31)49-40(50-39(26)29-15-13-27(25-43)14-16-29)30-19-17-28(18-20-30)34-10-4-3-7-32(34)22-41-37(46)11-6-12-38(47)48/h3-5,7-10,13-21,26,35-36,39-40,43-45H,6,11-12,22-25H2,1-2H3,(H,41,46)(H,47,48). The van der Waals surface area contributed by atoms with Crippen molar-refractivity contribution in [3.63, 3.8) is 0 Å². The second-order valence-corrected chi connectivity index (χ2v) is 13.0. The summed E-state index contributed by atoms with van der Waals surface area (Å²) in [6.07, 6.45) is -1.60. The average Bonchev–Trinajstić information content (AvgIpc) is 3.11. The molecular weight excluding hydrogens is 636 g/mol. The van der Waals surface area contributed by atoms with E-state index < -0.39 is 18.4 Å². The predicted octanol–water partition coefficient (Wildman–Crippen LogP) is 5.88. The highest BCUT2D eigenvalue weighted by Crippen LogP contribution is 2.42. The number of aliphatic hydroxyl groups is 2. The molecule has 0 aromatic heterocycles. The number of phenols is 1. The van der Waals surface area contributed by atoms with Gasteiger partial charge in [-0.05, 0) is 59.0 Å². The zero-order valence-corrected chi connectivity index (χ0v) is 28.4. The number of hydrogen-bond donors (Lipinski definition) is 5. The van der Waals surface area contributed by atoms with Gasteiger partial charge in [0.2, 0.25) is 5.91 Å². The van der Waals surface area contributed by atoms with E-state index in [1.807, 2.05) is 84.7 Å². The number of carboxylic acids is 1. The number of carboxylic acid groups (broad SMARTS) is 1. The molecule has 0 radical (unpaired) electrons. The number of carbonyl (C=O) groups excluding carboxylic acids is 1. The van der Waals surface area contributed by atoms with E-state index in [0.717, 1.165) is 33.4 Å². The molecule has 0 spiro atoms. The van der Waals surface area contributed by atoms with Crippen LogP contribution in [0.1, 0.15) is 72.5 Å². The Labute approximate surface area is 292 Å². The summed E-state index contributed by atoms with van der Waals surface area (Å²) >= 11 is 0. The topological polar surface area (TPSA) is 149 Å². The maximum atomic E-state index is 12.3. The van der Waals surface area contributed by atoms with Crippen LogP contribution in [0.2, 0.25) is 0 Å². The van der Waals surface area contributed by atoms with Crippen LogP contribution >= 0.6 is 0 Å². The minimum Gasteiger partial charge on any atom is -0.508 e. The number of aliphatic carboxylic acids is 1. The Balaban J connectivity index is 1.32. The molecule has 0 saturated carbocycles. The first-order valence-electron chi connectivity index (χ1n) is 16.9. The van der Waals surface area contributed by atoms with Crippen molar-refractivity contribution < 1.29 is 39.5 Å². The molecule has 1 fully saturated rings. The summed E-state index contributed by atoms with van der Waals surface area (Å²) in [7, 11) is 1.93. The van der Waals surface area contributed by atoms with Crippen molar-refractivity contribution in [2.45, 2.75) is 63.9 Å². The van der Waals surface area contributed by atoms with Crippen LogP contribution in [0, 0.1) is 5.92 Å². The van der Waals surface area contributed by atoms with Gasteiger partial charge in [-0.15, -0.1) is 0 Å². The SMILES string of the molecule is CC1C(CN(C)CC(O)c2cccc(O)c2)OC(c2ccc(-c3ccccc3CNC(=O)CCCC(=O)O)cc2)OC1c1ccc(CO)cc1. The Morgan fingerprint density at radius 2 is 1.62 bits per heavy atom. The van der Waals surface area contributed by atoms with Gasteiger partial charge in [0.05, 0.1) is 24.9 Å². The number of aliphatic hydroxyl groups excluding tert-OH is 2. The number of ether oxygens (including phenoxy) is 2. The summed E-state index contributed by atoms with van der Waals surface area (Å²) in [6, 6.07) is 30.2. The van der Waals surface area contributed by atoms with E-state index >= 15 is 0 Å². The van der Waals surface area contributed by atoms with Gasteiger partial charge in [-0.2, -0.15) is 0 Å². The average molecular weight is 683 g/mol. The van der Waals surface area contributed by atoms with Gasteiger partial charge in [0, 0.05) is 44.0 Å². The number of nitrogens with zero attached hydrogens (tertiary/aromatic N) is 1. The molecule has 1 aliphatic heterocycles. The summed E-state index contributed by atoms with van der Waals surface area (Å²) in [6.45, 7) is 3.24. The third-order valence-electron chi connectivity index (χ3n) is 9.14. The number of rotatable bonds is 15. The molecule has 10 nitrogen and oxygen atoms in total. The second kappa shape index (κ2) is 17.4. The normalized spacial score (nSPS) is 19.6. The first kappa shape index (κ1) is 36.7. The van der Waals surface area contributed by atoms with E-state index in [9.17, 15) is 24.9 Å². The monoisotopic (exact) mass is 682 g/mol.